The van der Waals surface area contributed by atoms with Gasteiger partial charge < -0.3 is 19.5 Å². The van der Waals surface area contributed by atoms with E-state index >= 15 is 0 Å². The summed E-state index contributed by atoms with van der Waals surface area (Å²) in [5.41, 5.74) is 0. The average Bonchev–Trinajstić information content (AvgIpc) is 2.44. The van der Waals surface area contributed by atoms with Gasteiger partial charge in [0.1, 0.15) is 6.61 Å². The lowest BCUT2D eigenvalue weighted by molar-refractivity contribution is 0.169. The van der Waals surface area contributed by atoms with Crippen LogP contribution in [0.1, 0.15) is 6.92 Å². The summed E-state index contributed by atoms with van der Waals surface area (Å²) in [6.07, 6.45) is 0. The van der Waals surface area contributed by atoms with Crippen LogP contribution in [0.2, 0.25) is 0 Å². The number of nitrogens with one attached hydrogen (secondary N) is 1. The predicted octanol–water partition coefficient (Wildman–Crippen LogP) is 2.31. The zero-order valence-electron chi connectivity index (χ0n) is 11.5. The van der Waals surface area contributed by atoms with E-state index in [1.54, 1.807) is 7.11 Å². The highest BCUT2D eigenvalue weighted by Crippen LogP contribution is 2.25. The summed E-state index contributed by atoms with van der Waals surface area (Å²) in [6.45, 7) is 4.44. The topological polar surface area (TPSA) is 39.7 Å². The molecular weight excluding hydrogens is 266 g/mol. The number of alkyl halides is 1. The van der Waals surface area contributed by atoms with Crippen LogP contribution in [0.5, 0.6) is 11.5 Å². The minimum absolute atomic E-state index is 0.150. The molecule has 1 N–H and O–H groups in total. The van der Waals surface area contributed by atoms with Crippen LogP contribution >= 0.6 is 11.6 Å². The standard InChI is InChI=1S/C14H22ClNO3/c1-3-18-13-6-4-5-7-14(13)19-9-8-16-12(10-15)11-17-2/h4-7,12,16H,3,8-11H2,1-2H3. The Morgan fingerprint density at radius 3 is 2.47 bits per heavy atom. The van der Waals surface area contributed by atoms with Gasteiger partial charge in [-0.1, -0.05) is 12.1 Å². The molecular formula is C14H22ClNO3. The minimum atomic E-state index is 0.150. The molecule has 1 unspecified atom stereocenters. The maximum Gasteiger partial charge on any atom is 0.161 e. The smallest absolute Gasteiger partial charge is 0.161 e. The highest BCUT2D eigenvalue weighted by molar-refractivity contribution is 6.18. The fraction of sp³-hybridized carbons (Fsp3) is 0.571. The van der Waals surface area contributed by atoms with Gasteiger partial charge in [0, 0.05) is 25.6 Å². The van der Waals surface area contributed by atoms with Crippen molar-refractivity contribution < 1.29 is 14.2 Å². The van der Waals surface area contributed by atoms with E-state index in [0.29, 0.717) is 32.2 Å². The Labute approximate surface area is 120 Å². The van der Waals surface area contributed by atoms with E-state index < -0.39 is 0 Å². The lowest BCUT2D eigenvalue weighted by Crippen LogP contribution is -2.37. The Kier molecular flexibility index (Phi) is 8.38. The Bertz CT molecular complexity index is 349. The van der Waals surface area contributed by atoms with Gasteiger partial charge in [0.2, 0.25) is 0 Å². The zero-order chi connectivity index (χ0) is 13.9. The van der Waals surface area contributed by atoms with Crippen molar-refractivity contribution in [3.8, 4) is 11.5 Å². The lowest BCUT2D eigenvalue weighted by Gasteiger charge is -2.16. The van der Waals surface area contributed by atoms with E-state index in [1.165, 1.54) is 0 Å². The first-order chi connectivity index (χ1) is 9.31. The zero-order valence-corrected chi connectivity index (χ0v) is 12.3. The second-order valence-electron chi connectivity index (χ2n) is 3.99. The molecule has 0 aliphatic heterocycles. The third kappa shape index (κ3) is 6.14. The summed E-state index contributed by atoms with van der Waals surface area (Å²) >= 11 is 5.81. The van der Waals surface area contributed by atoms with E-state index in [4.69, 9.17) is 25.8 Å². The predicted molar refractivity (Wildman–Crippen MR) is 77.5 cm³/mol. The molecule has 19 heavy (non-hydrogen) atoms. The number of hydrogen-bond acceptors (Lipinski definition) is 4. The molecule has 1 rings (SSSR count). The normalized spacial score (nSPS) is 12.2. The van der Waals surface area contributed by atoms with Crippen LogP contribution in [-0.2, 0) is 4.74 Å². The van der Waals surface area contributed by atoms with Crippen molar-refractivity contribution in [2.24, 2.45) is 0 Å². The summed E-state index contributed by atoms with van der Waals surface area (Å²) in [4.78, 5) is 0. The molecule has 1 atom stereocenters. The van der Waals surface area contributed by atoms with Crippen LogP contribution in [0.4, 0.5) is 0 Å². The molecule has 0 amide bonds. The third-order valence-corrected chi connectivity index (χ3v) is 2.87. The summed E-state index contributed by atoms with van der Waals surface area (Å²) in [5.74, 6) is 2.06. The van der Waals surface area contributed by atoms with Crippen molar-refractivity contribution >= 4 is 11.6 Å². The SMILES string of the molecule is CCOc1ccccc1OCCNC(CCl)COC. The lowest BCUT2D eigenvalue weighted by atomic mass is 10.3. The van der Waals surface area contributed by atoms with Crippen molar-refractivity contribution in [2.45, 2.75) is 13.0 Å². The van der Waals surface area contributed by atoms with Crippen LogP contribution in [-0.4, -0.2) is 45.4 Å². The fourth-order valence-electron chi connectivity index (χ4n) is 1.63. The van der Waals surface area contributed by atoms with Crippen LogP contribution in [0.15, 0.2) is 24.3 Å². The van der Waals surface area contributed by atoms with Crippen molar-refractivity contribution in [3.63, 3.8) is 0 Å². The van der Waals surface area contributed by atoms with E-state index in [9.17, 15) is 0 Å². The second kappa shape index (κ2) is 9.89. The molecule has 0 saturated carbocycles. The molecule has 0 aromatic heterocycles. The van der Waals surface area contributed by atoms with E-state index in [1.807, 2.05) is 31.2 Å². The van der Waals surface area contributed by atoms with Gasteiger partial charge in [0.15, 0.2) is 11.5 Å². The highest BCUT2D eigenvalue weighted by atomic mass is 35.5. The molecule has 108 valence electrons. The molecule has 0 fully saturated rings. The number of hydrogen-bond donors (Lipinski definition) is 1. The third-order valence-electron chi connectivity index (χ3n) is 2.50. The van der Waals surface area contributed by atoms with E-state index in [0.717, 1.165) is 11.5 Å². The van der Waals surface area contributed by atoms with Crippen LogP contribution in [0, 0.1) is 0 Å². The molecule has 0 saturated heterocycles. The number of halogens is 1. The van der Waals surface area contributed by atoms with Gasteiger partial charge in [0.05, 0.1) is 13.2 Å². The first-order valence-corrected chi connectivity index (χ1v) is 6.98. The Morgan fingerprint density at radius 2 is 1.89 bits per heavy atom. The highest BCUT2D eigenvalue weighted by Gasteiger charge is 2.06. The van der Waals surface area contributed by atoms with Crippen LogP contribution in [0.3, 0.4) is 0 Å². The summed E-state index contributed by atoms with van der Waals surface area (Å²) in [5, 5.41) is 3.27. The van der Waals surface area contributed by atoms with Gasteiger partial charge in [-0.2, -0.15) is 0 Å². The monoisotopic (exact) mass is 287 g/mol. The molecule has 0 radical (unpaired) electrons. The largest absolute Gasteiger partial charge is 0.490 e. The van der Waals surface area contributed by atoms with Crippen LogP contribution in [0.25, 0.3) is 0 Å². The van der Waals surface area contributed by atoms with E-state index in [2.05, 4.69) is 5.32 Å². The first-order valence-electron chi connectivity index (χ1n) is 6.44. The molecule has 0 bridgehead atoms. The number of methoxy groups -OCH3 is 1. The summed E-state index contributed by atoms with van der Waals surface area (Å²) in [6, 6.07) is 7.81. The molecule has 0 aliphatic carbocycles. The molecule has 4 nitrogen and oxygen atoms in total. The maximum absolute atomic E-state index is 5.81. The number of ether oxygens (including phenoxy) is 3. The molecule has 0 aliphatic rings. The summed E-state index contributed by atoms with van der Waals surface area (Å²) < 4.78 is 16.2. The Morgan fingerprint density at radius 1 is 1.21 bits per heavy atom. The van der Waals surface area contributed by atoms with Gasteiger partial charge >= 0.3 is 0 Å². The Balaban J connectivity index is 2.32. The maximum atomic E-state index is 5.81. The second-order valence-corrected chi connectivity index (χ2v) is 4.30. The van der Waals surface area contributed by atoms with Gasteiger partial charge in [-0.3, -0.25) is 0 Å². The van der Waals surface area contributed by atoms with Gasteiger partial charge in [-0.25, -0.2) is 0 Å². The molecule has 1 aromatic carbocycles. The molecule has 1 aromatic rings. The first kappa shape index (κ1) is 16.1. The minimum Gasteiger partial charge on any atom is -0.490 e. The van der Waals surface area contributed by atoms with Gasteiger partial charge in [-0.05, 0) is 19.1 Å². The molecule has 5 heteroatoms. The summed E-state index contributed by atoms with van der Waals surface area (Å²) in [7, 11) is 1.66. The van der Waals surface area contributed by atoms with Crippen molar-refractivity contribution in [2.75, 3.05) is 39.4 Å². The number of para-hydroxylation sites is 2. The van der Waals surface area contributed by atoms with Gasteiger partial charge in [-0.15, -0.1) is 11.6 Å². The quantitative estimate of drug-likeness (QED) is 0.529. The van der Waals surface area contributed by atoms with Crippen molar-refractivity contribution in [1.29, 1.82) is 0 Å². The molecule has 0 heterocycles. The average molecular weight is 288 g/mol. The van der Waals surface area contributed by atoms with E-state index in [-0.39, 0.29) is 6.04 Å². The molecule has 0 spiro atoms. The van der Waals surface area contributed by atoms with Crippen molar-refractivity contribution in [3.05, 3.63) is 24.3 Å². The fourth-order valence-corrected chi connectivity index (χ4v) is 1.83. The van der Waals surface area contributed by atoms with Gasteiger partial charge in [0.25, 0.3) is 0 Å². The Hall–Kier alpha value is -0.970. The van der Waals surface area contributed by atoms with Crippen molar-refractivity contribution in [1.82, 2.24) is 5.32 Å². The number of benzene rings is 1. The van der Waals surface area contributed by atoms with Crippen LogP contribution < -0.4 is 14.8 Å². The number of rotatable bonds is 10.